The van der Waals surface area contributed by atoms with Crippen LogP contribution in [-0.2, 0) is 4.79 Å². The van der Waals surface area contributed by atoms with E-state index in [1.54, 1.807) is 11.6 Å². The van der Waals surface area contributed by atoms with E-state index in [4.69, 9.17) is 23.2 Å². The van der Waals surface area contributed by atoms with Crippen LogP contribution in [0.3, 0.4) is 0 Å². The van der Waals surface area contributed by atoms with Gasteiger partial charge in [0.25, 0.3) is 0 Å². The van der Waals surface area contributed by atoms with Gasteiger partial charge in [0.05, 0.1) is 15.7 Å². The second kappa shape index (κ2) is 7.31. The van der Waals surface area contributed by atoms with Crippen molar-refractivity contribution in [1.82, 2.24) is 5.43 Å². The first-order valence-electron chi connectivity index (χ1n) is 11.2. The largest absolute Gasteiger partial charge is 0.301 e. The number of benzene rings is 1. The molecule has 0 aliphatic heterocycles. The maximum absolute atomic E-state index is 12.6. The van der Waals surface area contributed by atoms with E-state index in [1.807, 2.05) is 12.1 Å². The first-order chi connectivity index (χ1) is 14.3. The molecule has 0 saturated heterocycles. The van der Waals surface area contributed by atoms with Crippen LogP contribution in [-0.4, -0.2) is 5.78 Å². The molecule has 2 N–H and O–H groups in total. The standard InChI is InChI=1S/C25H30Cl2N2O/c1-24-12-10-16(28-29-21-5-3-4-20(26)23(21)27)14-15(24)6-7-17-18-8-9-22(30)25(18,2)13-11-19(17)24/h3-5,10,14,17-19,28-29H,6-9,11-13H2,1-2H3/t17-,18+,19+,24-,25-/m1/s1. The lowest BCUT2D eigenvalue weighted by Gasteiger charge is -2.56. The Bertz CT molecular complexity index is 954. The molecule has 0 amide bonds. The zero-order valence-corrected chi connectivity index (χ0v) is 19.2. The van der Waals surface area contributed by atoms with Crippen molar-refractivity contribution in [2.45, 2.75) is 58.8 Å². The van der Waals surface area contributed by atoms with Crippen molar-refractivity contribution < 1.29 is 4.79 Å². The van der Waals surface area contributed by atoms with Gasteiger partial charge in [0.1, 0.15) is 5.78 Å². The van der Waals surface area contributed by atoms with Crippen molar-refractivity contribution in [3.63, 3.8) is 0 Å². The van der Waals surface area contributed by atoms with E-state index in [9.17, 15) is 4.79 Å². The number of hydrogen-bond acceptors (Lipinski definition) is 3. The molecule has 3 saturated carbocycles. The van der Waals surface area contributed by atoms with Crippen molar-refractivity contribution >= 4 is 34.7 Å². The summed E-state index contributed by atoms with van der Waals surface area (Å²) in [5, 5.41) is 1.07. The van der Waals surface area contributed by atoms with Crippen LogP contribution in [0.5, 0.6) is 0 Å². The highest BCUT2D eigenvalue weighted by atomic mass is 35.5. The molecule has 30 heavy (non-hydrogen) atoms. The number of carbonyl (C=O) groups excluding carboxylic acids is 1. The Kier molecular flexibility index (Phi) is 4.98. The van der Waals surface area contributed by atoms with Gasteiger partial charge in [0, 0.05) is 17.5 Å². The fourth-order valence-corrected chi connectivity index (χ4v) is 7.36. The van der Waals surface area contributed by atoms with Crippen LogP contribution in [0.15, 0.2) is 41.6 Å². The van der Waals surface area contributed by atoms with Crippen molar-refractivity contribution in [3.05, 3.63) is 51.7 Å². The summed E-state index contributed by atoms with van der Waals surface area (Å²) in [6.45, 7) is 4.72. The van der Waals surface area contributed by atoms with Crippen molar-refractivity contribution in [2.75, 3.05) is 5.43 Å². The van der Waals surface area contributed by atoms with Gasteiger partial charge in [-0.1, -0.05) is 54.8 Å². The summed E-state index contributed by atoms with van der Waals surface area (Å²) in [6.07, 6.45) is 12.2. The molecule has 0 radical (unpaired) electrons. The molecule has 0 bridgehead atoms. The molecule has 1 aromatic carbocycles. The maximum atomic E-state index is 12.6. The van der Waals surface area contributed by atoms with E-state index in [0.717, 1.165) is 43.5 Å². The number of nitrogens with one attached hydrogen (secondary N) is 2. The molecular weight excluding hydrogens is 415 g/mol. The van der Waals surface area contributed by atoms with Gasteiger partial charge in [-0.25, -0.2) is 0 Å². The van der Waals surface area contributed by atoms with E-state index < -0.39 is 0 Å². The highest BCUT2D eigenvalue weighted by Crippen LogP contribution is 2.64. The molecular formula is C25H30Cl2N2O. The first kappa shape index (κ1) is 20.5. The Morgan fingerprint density at radius 3 is 2.63 bits per heavy atom. The molecule has 3 nitrogen and oxygen atoms in total. The number of hydrazine groups is 1. The monoisotopic (exact) mass is 444 g/mol. The van der Waals surface area contributed by atoms with Crippen molar-refractivity contribution in [3.8, 4) is 0 Å². The highest BCUT2D eigenvalue weighted by Gasteiger charge is 2.58. The van der Waals surface area contributed by atoms with Crippen LogP contribution in [0.1, 0.15) is 58.8 Å². The van der Waals surface area contributed by atoms with E-state index in [1.165, 1.54) is 12.8 Å². The highest BCUT2D eigenvalue weighted by molar-refractivity contribution is 6.43. The van der Waals surface area contributed by atoms with Gasteiger partial charge in [0.2, 0.25) is 0 Å². The van der Waals surface area contributed by atoms with Crippen LogP contribution in [0, 0.1) is 28.6 Å². The third-order valence-electron chi connectivity index (χ3n) is 8.81. The summed E-state index contributed by atoms with van der Waals surface area (Å²) in [6, 6.07) is 5.58. The number of fused-ring (bicyclic) bond motifs is 5. The minimum absolute atomic E-state index is 0.0455. The fourth-order valence-electron chi connectivity index (χ4n) is 7.01. The Hall–Kier alpha value is -1.45. The predicted molar refractivity (Wildman–Crippen MR) is 123 cm³/mol. The number of halogens is 2. The van der Waals surface area contributed by atoms with Gasteiger partial charge < -0.3 is 5.43 Å². The molecule has 3 fully saturated rings. The van der Waals surface area contributed by atoms with E-state index in [0.29, 0.717) is 33.6 Å². The summed E-state index contributed by atoms with van der Waals surface area (Å²) in [7, 11) is 0. The molecule has 160 valence electrons. The number of anilines is 1. The molecule has 4 aliphatic carbocycles. The van der Waals surface area contributed by atoms with Crippen LogP contribution in [0.25, 0.3) is 0 Å². The molecule has 0 unspecified atom stereocenters. The summed E-state index contributed by atoms with van der Waals surface area (Å²) >= 11 is 12.4. The second-order valence-electron chi connectivity index (χ2n) is 10.1. The number of ketones is 1. The average Bonchev–Trinajstić information content (AvgIpc) is 3.04. The molecule has 0 aromatic heterocycles. The SMILES string of the molecule is C[C@@]12CC[C@H]3[C@H](CCC4=CC(NNc5cccc(Cl)c5Cl)=CC[C@]43C)[C@@H]1CCC2=O. The number of rotatable bonds is 3. The summed E-state index contributed by atoms with van der Waals surface area (Å²) in [5.41, 5.74) is 10.1. The van der Waals surface area contributed by atoms with Gasteiger partial charge in [-0.2, -0.15) is 0 Å². The van der Waals surface area contributed by atoms with Crippen LogP contribution < -0.4 is 10.9 Å². The summed E-state index contributed by atoms with van der Waals surface area (Å²) in [5.74, 6) is 2.51. The zero-order chi connectivity index (χ0) is 21.1. The fraction of sp³-hybridized carbons (Fsp3) is 0.560. The number of hydrogen-bond donors (Lipinski definition) is 2. The third-order valence-corrected chi connectivity index (χ3v) is 9.63. The van der Waals surface area contributed by atoms with Crippen LogP contribution in [0.4, 0.5) is 5.69 Å². The second-order valence-corrected chi connectivity index (χ2v) is 10.9. The Balaban J connectivity index is 1.32. The van der Waals surface area contributed by atoms with Gasteiger partial charge in [0.15, 0.2) is 0 Å². The van der Waals surface area contributed by atoms with Gasteiger partial charge in [-0.05, 0) is 79.9 Å². The van der Waals surface area contributed by atoms with E-state index in [2.05, 4.69) is 36.9 Å². The summed E-state index contributed by atoms with van der Waals surface area (Å²) < 4.78 is 0. The Labute approximate surface area is 189 Å². The van der Waals surface area contributed by atoms with E-state index >= 15 is 0 Å². The normalized spacial score (nSPS) is 37.5. The summed E-state index contributed by atoms with van der Waals surface area (Å²) in [4.78, 5) is 12.6. The Morgan fingerprint density at radius 1 is 1.00 bits per heavy atom. The lowest BCUT2D eigenvalue weighted by molar-refractivity contribution is -0.132. The topological polar surface area (TPSA) is 41.1 Å². The van der Waals surface area contributed by atoms with Crippen LogP contribution in [0.2, 0.25) is 10.0 Å². The molecule has 0 spiro atoms. The average molecular weight is 445 g/mol. The van der Waals surface area contributed by atoms with Crippen molar-refractivity contribution in [1.29, 1.82) is 0 Å². The van der Waals surface area contributed by atoms with Gasteiger partial charge in [-0.15, -0.1) is 0 Å². The minimum atomic E-state index is -0.0455. The van der Waals surface area contributed by atoms with Crippen molar-refractivity contribution in [2.24, 2.45) is 28.6 Å². The molecule has 5 atom stereocenters. The predicted octanol–water partition coefficient (Wildman–Crippen LogP) is 6.94. The third kappa shape index (κ3) is 3.04. The molecule has 4 aliphatic rings. The quantitative estimate of drug-likeness (QED) is 0.496. The van der Waals surface area contributed by atoms with Gasteiger partial charge in [-0.3, -0.25) is 10.2 Å². The number of Topliss-reactive ketones (excluding diaryl/α,β-unsaturated/α-hetero) is 1. The number of allylic oxidation sites excluding steroid dienone is 3. The molecule has 5 rings (SSSR count). The lowest BCUT2D eigenvalue weighted by atomic mass is 9.48. The Morgan fingerprint density at radius 2 is 1.80 bits per heavy atom. The molecule has 0 heterocycles. The van der Waals surface area contributed by atoms with E-state index in [-0.39, 0.29) is 10.8 Å². The smallest absolute Gasteiger partial charge is 0.139 e. The minimum Gasteiger partial charge on any atom is -0.301 e. The maximum Gasteiger partial charge on any atom is 0.139 e. The molecule has 5 heteroatoms. The van der Waals surface area contributed by atoms with Gasteiger partial charge >= 0.3 is 0 Å². The first-order valence-corrected chi connectivity index (χ1v) is 12.0. The number of carbonyl (C=O) groups is 1. The van der Waals surface area contributed by atoms with Crippen LogP contribution >= 0.6 is 23.2 Å². The zero-order valence-electron chi connectivity index (χ0n) is 17.7. The molecule has 1 aromatic rings. The lowest BCUT2D eigenvalue weighted by Crippen LogP contribution is -2.50.